The summed E-state index contributed by atoms with van der Waals surface area (Å²) in [5.74, 6) is 0.144. The zero-order chi connectivity index (χ0) is 18.6. The Morgan fingerprint density at radius 3 is 2.48 bits per heavy atom. The molecule has 0 radical (unpaired) electrons. The zero-order valence-corrected chi connectivity index (χ0v) is 16.2. The molecule has 0 aromatic carbocycles. The molecule has 8 heteroatoms. The molecule has 2 aliphatic heterocycles. The Hall–Kier alpha value is -1.44. The molecular weight excluding hydrogens is 342 g/mol. The molecule has 1 saturated heterocycles. The Morgan fingerprint density at radius 1 is 1.28 bits per heavy atom. The summed E-state index contributed by atoms with van der Waals surface area (Å²) in [4.78, 5) is 26.8. The van der Waals surface area contributed by atoms with Gasteiger partial charge in [-0.05, 0) is 19.3 Å². The summed E-state index contributed by atoms with van der Waals surface area (Å²) in [5.41, 5.74) is 0.372. The summed E-state index contributed by atoms with van der Waals surface area (Å²) in [7, 11) is -3.11. The Labute approximate surface area is 150 Å². The Morgan fingerprint density at radius 2 is 1.96 bits per heavy atom. The van der Waals surface area contributed by atoms with Crippen molar-refractivity contribution in [3.05, 3.63) is 0 Å². The van der Waals surface area contributed by atoms with Crippen LogP contribution in [0.25, 0.3) is 0 Å². The fraction of sp³-hybridized carbons (Fsp3) is 0.824. The predicted molar refractivity (Wildman–Crippen MR) is 96.9 cm³/mol. The first kappa shape index (κ1) is 19.9. The monoisotopic (exact) mass is 371 g/mol. The third kappa shape index (κ3) is 4.80. The Bertz CT molecular complexity index is 640. The van der Waals surface area contributed by atoms with Crippen LogP contribution in [-0.2, 0) is 19.4 Å². The molecule has 0 aromatic heterocycles. The first-order valence-corrected chi connectivity index (χ1v) is 11.0. The maximum atomic E-state index is 12.8. The van der Waals surface area contributed by atoms with Crippen LogP contribution in [0.2, 0.25) is 0 Å². The minimum atomic E-state index is -3.11. The van der Waals surface area contributed by atoms with E-state index in [9.17, 15) is 18.0 Å². The van der Waals surface area contributed by atoms with Crippen LogP contribution in [0.5, 0.6) is 0 Å². The molecule has 0 spiro atoms. The van der Waals surface area contributed by atoms with Gasteiger partial charge in [0.25, 0.3) is 5.91 Å². The Kier molecular flexibility index (Phi) is 6.59. The van der Waals surface area contributed by atoms with Crippen LogP contribution in [0.3, 0.4) is 0 Å². The lowest BCUT2D eigenvalue weighted by Gasteiger charge is -2.30. The molecule has 2 aliphatic rings. The smallest absolute Gasteiger partial charge is 0.270 e. The second-order valence-corrected chi connectivity index (χ2v) is 9.10. The van der Waals surface area contributed by atoms with E-state index >= 15 is 0 Å². The van der Waals surface area contributed by atoms with Crippen LogP contribution in [0.1, 0.15) is 52.9 Å². The normalized spacial score (nSPS) is 23.0. The summed E-state index contributed by atoms with van der Waals surface area (Å²) in [5, 5.41) is 5.54. The molecule has 1 unspecified atom stereocenters. The third-order valence-electron chi connectivity index (χ3n) is 5.16. The van der Waals surface area contributed by atoms with Crippen molar-refractivity contribution in [1.82, 2.24) is 9.91 Å². The molecular formula is C17H29N3O4S. The summed E-state index contributed by atoms with van der Waals surface area (Å²) >= 11 is 0. The third-order valence-corrected chi connectivity index (χ3v) is 6.91. The first-order valence-electron chi connectivity index (χ1n) is 9.20. The minimum Gasteiger partial charge on any atom is -0.338 e. The van der Waals surface area contributed by atoms with Crippen molar-refractivity contribution in [2.75, 3.05) is 24.6 Å². The lowest BCUT2D eigenvalue weighted by atomic mass is 10.0. The van der Waals surface area contributed by atoms with Gasteiger partial charge in [0.15, 0.2) is 9.84 Å². The largest absolute Gasteiger partial charge is 0.338 e. The van der Waals surface area contributed by atoms with E-state index in [1.54, 1.807) is 4.90 Å². The molecule has 0 aliphatic carbocycles. The second-order valence-electron chi connectivity index (χ2n) is 6.87. The number of amides is 2. The van der Waals surface area contributed by atoms with Gasteiger partial charge in [-0.2, -0.15) is 5.10 Å². The van der Waals surface area contributed by atoms with Crippen LogP contribution >= 0.6 is 0 Å². The van der Waals surface area contributed by atoms with Gasteiger partial charge in [-0.25, -0.2) is 13.4 Å². The molecule has 2 rings (SSSR count). The van der Waals surface area contributed by atoms with Crippen molar-refractivity contribution < 1.29 is 18.0 Å². The summed E-state index contributed by atoms with van der Waals surface area (Å²) in [6.07, 6.45) is 2.95. The molecule has 7 nitrogen and oxygen atoms in total. The molecule has 1 fully saturated rings. The fourth-order valence-corrected chi connectivity index (χ4v) is 5.07. The van der Waals surface area contributed by atoms with E-state index in [1.807, 2.05) is 6.92 Å². The average Bonchev–Trinajstić information content (AvgIpc) is 2.95. The van der Waals surface area contributed by atoms with Crippen LogP contribution in [0.15, 0.2) is 5.10 Å². The predicted octanol–water partition coefficient (Wildman–Crippen LogP) is 1.44. The molecule has 142 valence electrons. The first-order chi connectivity index (χ1) is 11.8. The van der Waals surface area contributed by atoms with Crippen molar-refractivity contribution in [3.8, 4) is 0 Å². The van der Waals surface area contributed by atoms with E-state index in [4.69, 9.17) is 0 Å². The topological polar surface area (TPSA) is 87.1 Å². The highest BCUT2D eigenvalue weighted by Gasteiger charge is 2.37. The van der Waals surface area contributed by atoms with Gasteiger partial charge in [0.05, 0.1) is 17.5 Å². The van der Waals surface area contributed by atoms with E-state index in [0.717, 1.165) is 12.8 Å². The molecule has 0 saturated carbocycles. The number of hydrogen-bond donors (Lipinski definition) is 0. The highest BCUT2D eigenvalue weighted by atomic mass is 32.2. The molecule has 0 bridgehead atoms. The van der Waals surface area contributed by atoms with Crippen molar-refractivity contribution >= 4 is 27.4 Å². The summed E-state index contributed by atoms with van der Waals surface area (Å²) < 4.78 is 23.4. The summed E-state index contributed by atoms with van der Waals surface area (Å²) in [6.45, 7) is 7.46. The minimum absolute atomic E-state index is 0.0606. The lowest BCUT2D eigenvalue weighted by Crippen LogP contribution is -2.46. The highest BCUT2D eigenvalue weighted by Crippen LogP contribution is 2.23. The van der Waals surface area contributed by atoms with Crippen LogP contribution in [-0.4, -0.2) is 66.5 Å². The van der Waals surface area contributed by atoms with Gasteiger partial charge in [-0.3, -0.25) is 9.59 Å². The van der Waals surface area contributed by atoms with Gasteiger partial charge < -0.3 is 4.90 Å². The van der Waals surface area contributed by atoms with Crippen molar-refractivity contribution in [3.63, 3.8) is 0 Å². The molecule has 1 atom stereocenters. The SMILES string of the molecule is CCC(CC)CN(CC)C(=O)C1=NN(C2CCS(=O)(=O)C2)C(=O)CC1. The van der Waals surface area contributed by atoms with E-state index in [-0.39, 0.29) is 29.7 Å². The number of rotatable bonds is 7. The lowest BCUT2D eigenvalue weighted by molar-refractivity contribution is -0.134. The number of hydrazone groups is 1. The highest BCUT2D eigenvalue weighted by molar-refractivity contribution is 7.91. The van der Waals surface area contributed by atoms with Gasteiger partial charge in [0, 0.05) is 25.9 Å². The molecule has 2 amide bonds. The van der Waals surface area contributed by atoms with Crippen molar-refractivity contribution in [1.29, 1.82) is 0 Å². The van der Waals surface area contributed by atoms with E-state index in [1.165, 1.54) is 5.01 Å². The fourth-order valence-electron chi connectivity index (χ4n) is 3.38. The zero-order valence-electron chi connectivity index (χ0n) is 15.4. The summed E-state index contributed by atoms with van der Waals surface area (Å²) in [6, 6.07) is -0.435. The number of carbonyl (C=O) groups is 2. The number of sulfone groups is 1. The van der Waals surface area contributed by atoms with Crippen LogP contribution < -0.4 is 0 Å². The molecule has 2 heterocycles. The van der Waals surface area contributed by atoms with E-state index in [2.05, 4.69) is 18.9 Å². The number of hydrogen-bond acceptors (Lipinski definition) is 5. The standard InChI is InChI=1S/C17H29N3O4S/c1-4-13(5-2)11-19(6-3)17(22)15-7-8-16(21)20(18-15)14-9-10-25(23,24)12-14/h13-14H,4-12H2,1-3H3. The van der Waals surface area contributed by atoms with Crippen LogP contribution in [0, 0.1) is 5.92 Å². The van der Waals surface area contributed by atoms with Gasteiger partial charge >= 0.3 is 0 Å². The van der Waals surface area contributed by atoms with Crippen molar-refractivity contribution in [2.45, 2.75) is 58.9 Å². The van der Waals surface area contributed by atoms with Gasteiger partial charge in [0.1, 0.15) is 5.71 Å². The van der Waals surface area contributed by atoms with Crippen LogP contribution in [0.4, 0.5) is 0 Å². The molecule has 25 heavy (non-hydrogen) atoms. The average molecular weight is 372 g/mol. The second kappa shape index (κ2) is 8.29. The number of nitrogens with zero attached hydrogens (tertiary/aromatic N) is 3. The van der Waals surface area contributed by atoms with Gasteiger partial charge in [-0.1, -0.05) is 26.7 Å². The van der Waals surface area contributed by atoms with E-state index < -0.39 is 15.9 Å². The Balaban J connectivity index is 2.15. The number of carbonyl (C=O) groups excluding carboxylic acids is 2. The molecule has 0 aromatic rings. The van der Waals surface area contributed by atoms with Gasteiger partial charge in [-0.15, -0.1) is 0 Å². The van der Waals surface area contributed by atoms with Gasteiger partial charge in [0.2, 0.25) is 5.91 Å². The van der Waals surface area contributed by atoms with E-state index in [0.29, 0.717) is 37.6 Å². The maximum Gasteiger partial charge on any atom is 0.270 e. The maximum absolute atomic E-state index is 12.8. The molecule has 0 N–H and O–H groups in total. The quantitative estimate of drug-likeness (QED) is 0.677. The van der Waals surface area contributed by atoms with Crippen molar-refractivity contribution in [2.24, 2.45) is 11.0 Å².